The topological polar surface area (TPSA) is 39.6 Å². The highest BCUT2D eigenvalue weighted by Crippen LogP contribution is 2.31. The van der Waals surface area contributed by atoms with Crippen LogP contribution in [0.4, 0.5) is 0 Å². The molecule has 0 aliphatic rings. The Hall–Kier alpha value is -1.40. The predicted molar refractivity (Wildman–Crippen MR) is 60.2 cm³/mol. The number of aromatic nitrogens is 1. The minimum atomic E-state index is -0.0776. The molecule has 1 aromatic heterocycles. The Morgan fingerprint density at radius 3 is 2.93 bits per heavy atom. The van der Waals surface area contributed by atoms with Gasteiger partial charge >= 0.3 is 0 Å². The largest absolute Gasteiger partial charge is 0.361 e. The van der Waals surface area contributed by atoms with Gasteiger partial charge in [-0.1, -0.05) is 18.2 Å². The first kappa shape index (κ1) is 9.17. The lowest BCUT2D eigenvalue weighted by Crippen LogP contribution is -1.86. The number of H-pyrrole nitrogens is 1. The highest BCUT2D eigenvalue weighted by Gasteiger charge is 2.12. The third kappa shape index (κ3) is 1.38. The van der Waals surface area contributed by atoms with Crippen molar-refractivity contribution in [1.29, 1.82) is 5.26 Å². The van der Waals surface area contributed by atoms with Crippen LogP contribution in [0.15, 0.2) is 30.5 Å². The Bertz CT molecular complexity index is 481. The van der Waals surface area contributed by atoms with Crippen LogP contribution >= 0.6 is 11.8 Å². The Labute approximate surface area is 86.9 Å². The second kappa shape index (κ2) is 3.77. The smallest absolute Gasteiger partial charge is 0.118 e. The average Bonchev–Trinajstić information content (AvgIpc) is 2.65. The number of hydrogen-bond donors (Lipinski definition) is 1. The van der Waals surface area contributed by atoms with Gasteiger partial charge in [-0.15, -0.1) is 11.8 Å². The van der Waals surface area contributed by atoms with Crippen molar-refractivity contribution in [2.24, 2.45) is 0 Å². The second-order valence-electron chi connectivity index (χ2n) is 3.03. The minimum absolute atomic E-state index is 0.0776. The fourth-order valence-corrected chi connectivity index (χ4v) is 2.11. The predicted octanol–water partition coefficient (Wildman–Crippen LogP) is 3.10. The van der Waals surface area contributed by atoms with Crippen LogP contribution in [0.25, 0.3) is 10.9 Å². The van der Waals surface area contributed by atoms with Gasteiger partial charge in [0.25, 0.3) is 0 Å². The van der Waals surface area contributed by atoms with Gasteiger partial charge in [0.15, 0.2) is 0 Å². The molecule has 1 unspecified atom stereocenters. The summed E-state index contributed by atoms with van der Waals surface area (Å²) in [7, 11) is 0. The van der Waals surface area contributed by atoms with E-state index < -0.39 is 0 Å². The van der Waals surface area contributed by atoms with Gasteiger partial charge in [0.1, 0.15) is 5.25 Å². The van der Waals surface area contributed by atoms with E-state index in [9.17, 15) is 0 Å². The molecule has 1 atom stereocenters. The maximum Gasteiger partial charge on any atom is 0.118 e. The van der Waals surface area contributed by atoms with Gasteiger partial charge in [-0.05, 0) is 12.3 Å². The standard InChI is InChI=1S/C11H10N2S/c1-14-11(6-12)9-7-13-10-5-3-2-4-8(9)10/h2-5,7,11,13H,1H3. The van der Waals surface area contributed by atoms with Crippen molar-refractivity contribution >= 4 is 22.7 Å². The second-order valence-corrected chi connectivity index (χ2v) is 3.98. The van der Waals surface area contributed by atoms with E-state index in [0.717, 1.165) is 16.5 Å². The number of aromatic amines is 1. The third-order valence-electron chi connectivity index (χ3n) is 2.26. The molecule has 70 valence electrons. The zero-order chi connectivity index (χ0) is 9.97. The third-order valence-corrected chi connectivity index (χ3v) is 3.09. The zero-order valence-corrected chi connectivity index (χ0v) is 8.64. The fourth-order valence-electron chi connectivity index (χ4n) is 1.56. The Morgan fingerprint density at radius 2 is 2.21 bits per heavy atom. The SMILES string of the molecule is CSC(C#N)c1c[nH]c2ccccc12. The van der Waals surface area contributed by atoms with Crippen molar-refractivity contribution in [2.75, 3.05) is 6.26 Å². The van der Waals surface area contributed by atoms with Crippen molar-refractivity contribution < 1.29 is 0 Å². The number of hydrogen-bond acceptors (Lipinski definition) is 2. The number of rotatable bonds is 2. The molecule has 2 rings (SSSR count). The van der Waals surface area contributed by atoms with Crippen LogP contribution in [-0.2, 0) is 0 Å². The quantitative estimate of drug-likeness (QED) is 0.812. The molecule has 0 spiro atoms. The van der Waals surface area contributed by atoms with Crippen LogP contribution < -0.4 is 0 Å². The number of fused-ring (bicyclic) bond motifs is 1. The van der Waals surface area contributed by atoms with E-state index in [2.05, 4.69) is 11.1 Å². The normalized spacial score (nSPS) is 12.6. The molecule has 14 heavy (non-hydrogen) atoms. The molecule has 1 N–H and O–H groups in total. The Kier molecular flexibility index (Phi) is 2.47. The molecule has 0 aliphatic carbocycles. The van der Waals surface area contributed by atoms with E-state index >= 15 is 0 Å². The van der Waals surface area contributed by atoms with Crippen molar-refractivity contribution in [2.45, 2.75) is 5.25 Å². The number of para-hydroxylation sites is 1. The van der Waals surface area contributed by atoms with Crippen LogP contribution in [0.3, 0.4) is 0 Å². The number of nitrogens with zero attached hydrogens (tertiary/aromatic N) is 1. The lowest BCUT2D eigenvalue weighted by molar-refractivity contribution is 1.24. The zero-order valence-electron chi connectivity index (χ0n) is 7.82. The van der Waals surface area contributed by atoms with Crippen LogP contribution in [0.2, 0.25) is 0 Å². The molecule has 0 aliphatic heterocycles. The number of nitriles is 1. The van der Waals surface area contributed by atoms with Gasteiger partial charge in [-0.3, -0.25) is 0 Å². The summed E-state index contributed by atoms with van der Waals surface area (Å²) in [5.74, 6) is 0. The van der Waals surface area contributed by atoms with Gasteiger partial charge < -0.3 is 4.98 Å². The van der Waals surface area contributed by atoms with Crippen LogP contribution in [-0.4, -0.2) is 11.2 Å². The first-order valence-corrected chi connectivity index (χ1v) is 5.64. The van der Waals surface area contributed by atoms with Gasteiger partial charge in [-0.2, -0.15) is 5.26 Å². The van der Waals surface area contributed by atoms with E-state index in [1.807, 2.05) is 36.7 Å². The van der Waals surface area contributed by atoms with Gasteiger partial charge in [0.05, 0.1) is 6.07 Å². The summed E-state index contributed by atoms with van der Waals surface area (Å²) in [6, 6.07) is 10.3. The van der Waals surface area contributed by atoms with E-state index in [1.54, 1.807) is 11.8 Å². The number of nitrogens with one attached hydrogen (secondary N) is 1. The van der Waals surface area contributed by atoms with Crippen LogP contribution in [0.5, 0.6) is 0 Å². The average molecular weight is 202 g/mol. The molecule has 0 saturated heterocycles. The van der Waals surface area contributed by atoms with E-state index in [4.69, 9.17) is 5.26 Å². The molecule has 0 saturated carbocycles. The molecule has 1 heterocycles. The van der Waals surface area contributed by atoms with Crippen LogP contribution in [0.1, 0.15) is 10.8 Å². The van der Waals surface area contributed by atoms with E-state index in [-0.39, 0.29) is 5.25 Å². The van der Waals surface area contributed by atoms with Crippen molar-refractivity contribution in [1.82, 2.24) is 4.98 Å². The number of benzene rings is 1. The van der Waals surface area contributed by atoms with Crippen molar-refractivity contribution in [3.8, 4) is 6.07 Å². The van der Waals surface area contributed by atoms with Gasteiger partial charge in [0, 0.05) is 22.7 Å². The first-order valence-electron chi connectivity index (χ1n) is 4.35. The molecule has 2 nitrogen and oxygen atoms in total. The van der Waals surface area contributed by atoms with Crippen molar-refractivity contribution in [3.63, 3.8) is 0 Å². The summed E-state index contributed by atoms with van der Waals surface area (Å²) in [5.41, 5.74) is 2.17. The molecule has 0 bridgehead atoms. The molecule has 0 amide bonds. The lowest BCUT2D eigenvalue weighted by atomic mass is 10.1. The highest BCUT2D eigenvalue weighted by molar-refractivity contribution is 7.99. The maximum atomic E-state index is 8.97. The summed E-state index contributed by atoms with van der Waals surface area (Å²) >= 11 is 1.56. The Morgan fingerprint density at radius 1 is 1.43 bits per heavy atom. The van der Waals surface area contributed by atoms with Crippen LogP contribution in [0, 0.1) is 11.3 Å². The molecule has 0 fully saturated rings. The summed E-state index contributed by atoms with van der Waals surface area (Å²) in [5, 5.41) is 10.0. The first-order chi connectivity index (χ1) is 6.86. The molecule has 3 heteroatoms. The molecular formula is C11H10N2S. The van der Waals surface area contributed by atoms with Crippen molar-refractivity contribution in [3.05, 3.63) is 36.0 Å². The summed E-state index contributed by atoms with van der Waals surface area (Å²) < 4.78 is 0. The summed E-state index contributed by atoms with van der Waals surface area (Å²) in [6.07, 6.45) is 3.88. The molecule has 1 aromatic carbocycles. The Balaban J connectivity index is 2.59. The van der Waals surface area contributed by atoms with Gasteiger partial charge in [-0.25, -0.2) is 0 Å². The number of thioether (sulfide) groups is 1. The monoisotopic (exact) mass is 202 g/mol. The minimum Gasteiger partial charge on any atom is -0.361 e. The molecule has 2 aromatic rings. The maximum absolute atomic E-state index is 8.97. The van der Waals surface area contributed by atoms with E-state index in [0.29, 0.717) is 0 Å². The van der Waals surface area contributed by atoms with E-state index in [1.165, 1.54) is 0 Å². The lowest BCUT2D eigenvalue weighted by Gasteiger charge is -2.02. The van der Waals surface area contributed by atoms with Gasteiger partial charge in [0.2, 0.25) is 0 Å². The fraction of sp³-hybridized carbons (Fsp3) is 0.182. The summed E-state index contributed by atoms with van der Waals surface area (Å²) in [4.78, 5) is 3.17. The summed E-state index contributed by atoms with van der Waals surface area (Å²) in [6.45, 7) is 0. The molecular weight excluding hydrogens is 192 g/mol. The molecule has 0 radical (unpaired) electrons. The highest BCUT2D eigenvalue weighted by atomic mass is 32.2.